The van der Waals surface area contributed by atoms with Gasteiger partial charge in [0.1, 0.15) is 5.41 Å². The van der Waals surface area contributed by atoms with Crippen LogP contribution in [0.25, 0.3) is 0 Å². The minimum Gasteiger partial charge on any atom is -0.468 e. The van der Waals surface area contributed by atoms with Crippen molar-refractivity contribution in [3.05, 3.63) is 28.5 Å². The lowest BCUT2D eigenvalue weighted by atomic mass is 9.98. The van der Waals surface area contributed by atoms with Crippen LogP contribution in [0.4, 0.5) is 0 Å². The average molecular weight is 226 g/mol. The fourth-order valence-electron chi connectivity index (χ4n) is 1.90. The van der Waals surface area contributed by atoms with Gasteiger partial charge in [0.2, 0.25) is 0 Å². The Labute approximate surface area is 93.4 Å². The highest BCUT2D eigenvalue weighted by molar-refractivity contribution is 6.30. The molecule has 0 N–H and O–H groups in total. The Morgan fingerprint density at radius 2 is 2.27 bits per heavy atom. The molecule has 1 saturated carbocycles. The van der Waals surface area contributed by atoms with E-state index in [2.05, 4.69) is 4.98 Å². The van der Waals surface area contributed by atoms with Crippen LogP contribution in [0.1, 0.15) is 24.1 Å². The van der Waals surface area contributed by atoms with E-state index in [9.17, 15) is 4.79 Å². The summed E-state index contributed by atoms with van der Waals surface area (Å²) in [5, 5.41) is 0.594. The van der Waals surface area contributed by atoms with Crippen molar-refractivity contribution in [2.45, 2.75) is 25.2 Å². The summed E-state index contributed by atoms with van der Waals surface area (Å²) in [7, 11) is 1.41. The molecule has 0 aromatic carbocycles. The topological polar surface area (TPSA) is 39.2 Å². The maximum Gasteiger partial charge on any atom is 0.317 e. The summed E-state index contributed by atoms with van der Waals surface area (Å²) >= 11 is 5.82. The van der Waals surface area contributed by atoms with E-state index in [-0.39, 0.29) is 5.97 Å². The predicted molar refractivity (Wildman–Crippen MR) is 56.9 cm³/mol. The highest BCUT2D eigenvalue weighted by atomic mass is 35.5. The first-order chi connectivity index (χ1) is 7.10. The number of rotatable bonds is 2. The largest absolute Gasteiger partial charge is 0.468 e. The van der Waals surface area contributed by atoms with E-state index in [0.717, 1.165) is 24.1 Å². The Kier molecular flexibility index (Phi) is 2.43. The van der Waals surface area contributed by atoms with Gasteiger partial charge in [0.15, 0.2) is 0 Å². The zero-order valence-electron chi connectivity index (χ0n) is 8.71. The van der Waals surface area contributed by atoms with Crippen molar-refractivity contribution in [1.82, 2.24) is 4.98 Å². The zero-order chi connectivity index (χ0) is 11.1. The molecule has 0 unspecified atom stereocenters. The van der Waals surface area contributed by atoms with E-state index in [4.69, 9.17) is 16.3 Å². The van der Waals surface area contributed by atoms with Gasteiger partial charge in [0.25, 0.3) is 0 Å². The van der Waals surface area contributed by atoms with Crippen LogP contribution < -0.4 is 0 Å². The SMILES string of the molecule is COC(=O)C1(c2ncc(Cl)cc2C)CC1. The number of aryl methyl sites for hydroxylation is 1. The molecule has 0 amide bonds. The summed E-state index contributed by atoms with van der Waals surface area (Å²) in [6.45, 7) is 1.91. The Balaban J connectivity index is 2.42. The first-order valence-electron chi connectivity index (χ1n) is 4.81. The number of hydrogen-bond donors (Lipinski definition) is 0. The molecule has 0 aliphatic heterocycles. The minimum absolute atomic E-state index is 0.194. The third kappa shape index (κ3) is 1.61. The molecular formula is C11H12ClNO2. The van der Waals surface area contributed by atoms with E-state index in [1.807, 2.05) is 13.0 Å². The minimum atomic E-state index is -0.497. The van der Waals surface area contributed by atoms with Crippen LogP contribution >= 0.6 is 11.6 Å². The molecule has 0 spiro atoms. The molecule has 2 rings (SSSR count). The number of nitrogens with zero attached hydrogens (tertiary/aromatic N) is 1. The summed E-state index contributed by atoms with van der Waals surface area (Å²) in [6, 6.07) is 1.83. The van der Waals surface area contributed by atoms with Crippen LogP contribution in [0.2, 0.25) is 5.02 Å². The molecule has 1 aliphatic carbocycles. The van der Waals surface area contributed by atoms with Gasteiger partial charge in [-0.15, -0.1) is 0 Å². The first-order valence-corrected chi connectivity index (χ1v) is 5.19. The van der Waals surface area contributed by atoms with Gasteiger partial charge in [-0.05, 0) is 31.4 Å². The second-order valence-corrected chi connectivity index (χ2v) is 4.33. The maximum atomic E-state index is 11.6. The molecule has 0 radical (unpaired) electrons. The lowest BCUT2D eigenvalue weighted by Gasteiger charge is -2.14. The Bertz CT molecular complexity index is 413. The van der Waals surface area contributed by atoms with Crippen molar-refractivity contribution < 1.29 is 9.53 Å². The van der Waals surface area contributed by atoms with Crippen LogP contribution in [-0.2, 0) is 14.9 Å². The van der Waals surface area contributed by atoms with Crippen LogP contribution in [-0.4, -0.2) is 18.1 Å². The molecule has 3 nitrogen and oxygen atoms in total. The Hall–Kier alpha value is -1.09. The summed E-state index contributed by atoms with van der Waals surface area (Å²) < 4.78 is 4.81. The molecule has 1 fully saturated rings. The molecule has 15 heavy (non-hydrogen) atoms. The molecular weight excluding hydrogens is 214 g/mol. The summed E-state index contributed by atoms with van der Waals surface area (Å²) in [5.74, 6) is -0.194. The van der Waals surface area contributed by atoms with Gasteiger partial charge < -0.3 is 4.74 Å². The molecule has 80 valence electrons. The van der Waals surface area contributed by atoms with Crippen LogP contribution in [0.15, 0.2) is 12.3 Å². The van der Waals surface area contributed by atoms with Gasteiger partial charge in [-0.1, -0.05) is 11.6 Å². The number of pyridine rings is 1. The summed E-state index contributed by atoms with van der Waals surface area (Å²) in [4.78, 5) is 15.9. The number of carbonyl (C=O) groups excluding carboxylic acids is 1. The van der Waals surface area contributed by atoms with Crippen molar-refractivity contribution in [2.24, 2.45) is 0 Å². The fourth-order valence-corrected chi connectivity index (χ4v) is 2.11. The number of halogens is 1. The Morgan fingerprint density at radius 1 is 1.60 bits per heavy atom. The molecule has 1 aromatic rings. The van der Waals surface area contributed by atoms with Gasteiger partial charge in [-0.25, -0.2) is 0 Å². The molecule has 1 heterocycles. The number of methoxy groups -OCH3 is 1. The normalized spacial score (nSPS) is 17.3. The van der Waals surface area contributed by atoms with Gasteiger partial charge >= 0.3 is 5.97 Å². The second-order valence-electron chi connectivity index (χ2n) is 3.89. The van der Waals surface area contributed by atoms with E-state index in [1.54, 1.807) is 6.20 Å². The van der Waals surface area contributed by atoms with Crippen molar-refractivity contribution >= 4 is 17.6 Å². The van der Waals surface area contributed by atoms with E-state index in [0.29, 0.717) is 5.02 Å². The molecule has 1 aliphatic rings. The number of ether oxygens (including phenoxy) is 1. The maximum absolute atomic E-state index is 11.6. The van der Waals surface area contributed by atoms with Crippen LogP contribution in [0.3, 0.4) is 0 Å². The quantitative estimate of drug-likeness (QED) is 0.725. The third-order valence-corrected chi connectivity index (χ3v) is 3.03. The highest BCUT2D eigenvalue weighted by Crippen LogP contribution is 2.49. The highest BCUT2D eigenvalue weighted by Gasteiger charge is 2.54. The van der Waals surface area contributed by atoms with Crippen molar-refractivity contribution in [3.63, 3.8) is 0 Å². The number of esters is 1. The van der Waals surface area contributed by atoms with E-state index in [1.165, 1.54) is 7.11 Å². The molecule has 0 bridgehead atoms. The smallest absolute Gasteiger partial charge is 0.317 e. The van der Waals surface area contributed by atoms with Gasteiger partial charge in [0, 0.05) is 6.20 Å². The van der Waals surface area contributed by atoms with Crippen molar-refractivity contribution in [2.75, 3.05) is 7.11 Å². The second kappa shape index (κ2) is 3.49. The van der Waals surface area contributed by atoms with Crippen LogP contribution in [0.5, 0.6) is 0 Å². The van der Waals surface area contributed by atoms with Gasteiger partial charge in [-0.3, -0.25) is 9.78 Å². The van der Waals surface area contributed by atoms with Crippen LogP contribution in [0, 0.1) is 6.92 Å². The first kappa shape index (κ1) is 10.4. The number of hydrogen-bond acceptors (Lipinski definition) is 3. The summed E-state index contributed by atoms with van der Waals surface area (Å²) in [6.07, 6.45) is 3.21. The fraction of sp³-hybridized carbons (Fsp3) is 0.455. The predicted octanol–water partition coefficient (Wildman–Crippen LogP) is 2.25. The average Bonchev–Trinajstić information content (AvgIpc) is 2.97. The van der Waals surface area contributed by atoms with Gasteiger partial charge in [-0.2, -0.15) is 0 Å². The van der Waals surface area contributed by atoms with Crippen molar-refractivity contribution in [1.29, 1.82) is 0 Å². The summed E-state index contributed by atoms with van der Waals surface area (Å²) in [5.41, 5.74) is 1.26. The number of carbonyl (C=O) groups is 1. The Morgan fingerprint density at radius 3 is 2.73 bits per heavy atom. The van der Waals surface area contributed by atoms with Crippen molar-refractivity contribution in [3.8, 4) is 0 Å². The molecule has 1 aromatic heterocycles. The molecule has 0 atom stereocenters. The molecule has 4 heteroatoms. The lowest BCUT2D eigenvalue weighted by Crippen LogP contribution is -2.24. The zero-order valence-corrected chi connectivity index (χ0v) is 9.47. The lowest BCUT2D eigenvalue weighted by molar-refractivity contribution is -0.143. The molecule has 0 saturated heterocycles. The van der Waals surface area contributed by atoms with E-state index >= 15 is 0 Å². The monoisotopic (exact) mass is 225 g/mol. The van der Waals surface area contributed by atoms with Gasteiger partial charge in [0.05, 0.1) is 17.8 Å². The number of aromatic nitrogens is 1. The third-order valence-electron chi connectivity index (χ3n) is 2.82. The van der Waals surface area contributed by atoms with E-state index < -0.39 is 5.41 Å². The standard InChI is InChI=1S/C11H12ClNO2/c1-7-5-8(12)6-13-9(7)11(3-4-11)10(14)15-2/h5-6H,3-4H2,1-2H3.